The van der Waals surface area contributed by atoms with Gasteiger partial charge in [0.1, 0.15) is 5.75 Å². The summed E-state index contributed by atoms with van der Waals surface area (Å²) in [5.74, 6) is 0.410. The number of anilines is 2. The Labute approximate surface area is 161 Å². The molecule has 136 valence electrons. The Kier molecular flexibility index (Phi) is 4.64. The van der Waals surface area contributed by atoms with Crippen LogP contribution in [0.15, 0.2) is 60.0 Å². The Bertz CT molecular complexity index is 998. The van der Waals surface area contributed by atoms with Crippen LogP contribution in [0.3, 0.4) is 0 Å². The molecule has 0 spiro atoms. The van der Waals surface area contributed by atoms with E-state index in [4.69, 9.17) is 4.74 Å². The molecule has 0 unspecified atom stereocenters. The van der Waals surface area contributed by atoms with Gasteiger partial charge in [-0.05, 0) is 53.8 Å². The minimum atomic E-state index is -0.219. The smallest absolute Gasteiger partial charge is 0.268 e. The fourth-order valence-corrected chi connectivity index (χ4v) is 3.84. The summed E-state index contributed by atoms with van der Waals surface area (Å²) >= 11 is 1.44. The van der Waals surface area contributed by atoms with Crippen LogP contribution in [-0.4, -0.2) is 25.5 Å². The molecule has 3 aromatic rings. The number of nitrogens with one attached hydrogen (secondary N) is 1. The first-order chi connectivity index (χ1) is 13.2. The van der Waals surface area contributed by atoms with Gasteiger partial charge in [0.2, 0.25) is 0 Å². The van der Waals surface area contributed by atoms with E-state index in [0.29, 0.717) is 28.4 Å². The Morgan fingerprint density at radius 1 is 1.11 bits per heavy atom. The number of carbonyl (C=O) groups excluding carboxylic acids is 2. The molecule has 4 rings (SSSR count). The number of hydrogen-bond donors (Lipinski definition) is 1. The highest BCUT2D eigenvalue weighted by molar-refractivity contribution is 7.12. The average Bonchev–Trinajstić information content (AvgIpc) is 3.37. The molecule has 0 radical (unpaired) electrons. The molecule has 0 saturated carbocycles. The number of benzene rings is 2. The number of nitrogens with zero attached hydrogens (tertiary/aromatic N) is 1. The van der Waals surface area contributed by atoms with E-state index in [1.807, 2.05) is 35.7 Å². The van der Waals surface area contributed by atoms with Crippen LogP contribution in [-0.2, 0) is 6.42 Å². The zero-order valence-electron chi connectivity index (χ0n) is 14.8. The SMILES string of the molecule is COc1cccc(C(=O)Nc2ccc3c(c2)N(C(=O)c2cccs2)CC3)c1. The standard InChI is InChI=1S/C21H18N2O3S/c1-26-17-5-2-4-15(12-17)20(24)22-16-8-7-14-9-10-23(18(14)13-16)21(25)19-6-3-11-27-19/h2-8,11-13H,9-10H2,1H3,(H,22,24). The number of thiophene rings is 1. The summed E-state index contributed by atoms with van der Waals surface area (Å²) in [6, 6.07) is 16.4. The molecule has 0 atom stereocenters. The second-order valence-electron chi connectivity index (χ2n) is 6.21. The van der Waals surface area contributed by atoms with Gasteiger partial charge in [0.15, 0.2) is 0 Å². The molecule has 0 bridgehead atoms. The summed E-state index contributed by atoms with van der Waals surface area (Å²) < 4.78 is 5.17. The van der Waals surface area contributed by atoms with Gasteiger partial charge in [0, 0.05) is 23.5 Å². The summed E-state index contributed by atoms with van der Waals surface area (Å²) in [4.78, 5) is 27.8. The first kappa shape index (κ1) is 17.3. The van der Waals surface area contributed by atoms with Crippen molar-refractivity contribution in [3.05, 3.63) is 76.0 Å². The fraction of sp³-hybridized carbons (Fsp3) is 0.143. The summed E-state index contributed by atoms with van der Waals surface area (Å²) in [5.41, 5.74) is 3.14. The predicted molar refractivity (Wildman–Crippen MR) is 107 cm³/mol. The van der Waals surface area contributed by atoms with Crippen molar-refractivity contribution in [2.24, 2.45) is 0 Å². The topological polar surface area (TPSA) is 58.6 Å². The maximum Gasteiger partial charge on any atom is 0.268 e. The van der Waals surface area contributed by atoms with Crippen molar-refractivity contribution >= 4 is 34.5 Å². The molecule has 0 fully saturated rings. The van der Waals surface area contributed by atoms with Crippen molar-refractivity contribution in [2.75, 3.05) is 23.9 Å². The molecule has 1 N–H and O–H groups in total. The minimum Gasteiger partial charge on any atom is -0.497 e. The Morgan fingerprint density at radius 2 is 2.00 bits per heavy atom. The van der Waals surface area contributed by atoms with E-state index in [1.54, 1.807) is 36.3 Å². The minimum absolute atomic E-state index is 0.0000206. The van der Waals surface area contributed by atoms with E-state index < -0.39 is 0 Å². The van der Waals surface area contributed by atoms with Gasteiger partial charge in [-0.3, -0.25) is 9.59 Å². The van der Waals surface area contributed by atoms with Gasteiger partial charge >= 0.3 is 0 Å². The van der Waals surface area contributed by atoms with Gasteiger partial charge < -0.3 is 15.0 Å². The van der Waals surface area contributed by atoms with E-state index in [9.17, 15) is 9.59 Å². The lowest BCUT2D eigenvalue weighted by atomic mass is 10.1. The van der Waals surface area contributed by atoms with Gasteiger partial charge in [-0.2, -0.15) is 0 Å². The molecule has 0 saturated heterocycles. The second-order valence-corrected chi connectivity index (χ2v) is 7.16. The number of amides is 2. The van der Waals surface area contributed by atoms with Gasteiger partial charge in [-0.25, -0.2) is 0 Å². The lowest BCUT2D eigenvalue weighted by molar-refractivity contribution is 0.0991. The van der Waals surface area contributed by atoms with E-state index in [-0.39, 0.29) is 11.8 Å². The van der Waals surface area contributed by atoms with Crippen molar-refractivity contribution in [3.8, 4) is 5.75 Å². The number of fused-ring (bicyclic) bond motifs is 1. The van der Waals surface area contributed by atoms with Gasteiger partial charge in [0.25, 0.3) is 11.8 Å². The fourth-order valence-electron chi connectivity index (χ4n) is 3.17. The number of methoxy groups -OCH3 is 1. The average molecular weight is 378 g/mol. The van der Waals surface area contributed by atoms with Crippen LogP contribution in [0.5, 0.6) is 5.75 Å². The van der Waals surface area contributed by atoms with Crippen molar-refractivity contribution in [1.29, 1.82) is 0 Å². The van der Waals surface area contributed by atoms with Crippen LogP contribution in [0.2, 0.25) is 0 Å². The highest BCUT2D eigenvalue weighted by Gasteiger charge is 2.26. The van der Waals surface area contributed by atoms with E-state index >= 15 is 0 Å². The highest BCUT2D eigenvalue weighted by Crippen LogP contribution is 2.32. The third kappa shape index (κ3) is 3.44. The summed E-state index contributed by atoms with van der Waals surface area (Å²) in [7, 11) is 1.57. The van der Waals surface area contributed by atoms with Gasteiger partial charge in [-0.15, -0.1) is 11.3 Å². The van der Waals surface area contributed by atoms with Crippen LogP contribution >= 0.6 is 11.3 Å². The Hall–Kier alpha value is -3.12. The highest BCUT2D eigenvalue weighted by atomic mass is 32.1. The molecule has 2 aromatic carbocycles. The molecule has 6 heteroatoms. The van der Waals surface area contributed by atoms with Crippen LogP contribution in [0.4, 0.5) is 11.4 Å². The molecule has 2 amide bonds. The van der Waals surface area contributed by atoms with Gasteiger partial charge in [-0.1, -0.05) is 18.2 Å². The number of hydrogen-bond acceptors (Lipinski definition) is 4. The van der Waals surface area contributed by atoms with Crippen molar-refractivity contribution in [3.63, 3.8) is 0 Å². The van der Waals surface area contributed by atoms with E-state index in [2.05, 4.69) is 5.32 Å². The molecule has 1 aliphatic heterocycles. The predicted octanol–water partition coefficient (Wildman–Crippen LogP) is 4.21. The zero-order valence-corrected chi connectivity index (χ0v) is 15.6. The van der Waals surface area contributed by atoms with Crippen molar-refractivity contribution in [1.82, 2.24) is 0 Å². The molecular weight excluding hydrogens is 360 g/mol. The number of ether oxygens (including phenoxy) is 1. The monoisotopic (exact) mass is 378 g/mol. The van der Waals surface area contributed by atoms with Gasteiger partial charge in [0.05, 0.1) is 12.0 Å². The quantitative estimate of drug-likeness (QED) is 0.740. The lowest BCUT2D eigenvalue weighted by Crippen LogP contribution is -2.28. The summed E-state index contributed by atoms with van der Waals surface area (Å²) in [6.45, 7) is 0.652. The summed E-state index contributed by atoms with van der Waals surface area (Å²) in [6.07, 6.45) is 0.816. The number of carbonyl (C=O) groups is 2. The third-order valence-corrected chi connectivity index (χ3v) is 5.41. The first-order valence-corrected chi connectivity index (χ1v) is 9.47. The maximum absolute atomic E-state index is 12.7. The molecule has 1 aliphatic rings. The van der Waals surface area contributed by atoms with Crippen molar-refractivity contribution < 1.29 is 14.3 Å². The normalized spacial score (nSPS) is 12.6. The van der Waals surface area contributed by atoms with Crippen LogP contribution < -0.4 is 15.0 Å². The maximum atomic E-state index is 12.7. The second kappa shape index (κ2) is 7.25. The Balaban J connectivity index is 1.56. The first-order valence-electron chi connectivity index (χ1n) is 8.59. The summed E-state index contributed by atoms with van der Waals surface area (Å²) in [5, 5.41) is 4.80. The van der Waals surface area contributed by atoms with E-state index in [1.165, 1.54) is 11.3 Å². The van der Waals surface area contributed by atoms with Crippen LogP contribution in [0.25, 0.3) is 0 Å². The number of rotatable bonds is 4. The molecule has 1 aromatic heterocycles. The zero-order chi connectivity index (χ0) is 18.8. The van der Waals surface area contributed by atoms with E-state index in [0.717, 1.165) is 17.7 Å². The molecule has 27 heavy (non-hydrogen) atoms. The third-order valence-electron chi connectivity index (χ3n) is 4.55. The largest absolute Gasteiger partial charge is 0.497 e. The molecule has 0 aliphatic carbocycles. The van der Waals surface area contributed by atoms with Crippen LogP contribution in [0, 0.1) is 0 Å². The lowest BCUT2D eigenvalue weighted by Gasteiger charge is -2.17. The van der Waals surface area contributed by atoms with Crippen molar-refractivity contribution in [2.45, 2.75) is 6.42 Å². The molecule has 5 nitrogen and oxygen atoms in total. The van der Waals surface area contributed by atoms with Crippen LogP contribution in [0.1, 0.15) is 25.6 Å². The molecular formula is C21H18N2O3S. The molecule has 2 heterocycles. The Morgan fingerprint density at radius 3 is 2.78 bits per heavy atom.